The first-order valence-electron chi connectivity index (χ1n) is 8.68. The molecule has 0 fully saturated rings. The van der Waals surface area contributed by atoms with Gasteiger partial charge >= 0.3 is 0 Å². The van der Waals surface area contributed by atoms with Gasteiger partial charge in [0.2, 0.25) is 0 Å². The lowest BCUT2D eigenvalue weighted by molar-refractivity contribution is 0.504. The normalized spacial score (nSPS) is 12.0. The van der Waals surface area contributed by atoms with Crippen molar-refractivity contribution in [3.63, 3.8) is 0 Å². The third-order valence-electron chi connectivity index (χ3n) is 4.39. The average Bonchev–Trinajstić information content (AvgIpc) is 2.57. The van der Waals surface area contributed by atoms with Crippen molar-refractivity contribution in [2.45, 2.75) is 57.4 Å². The molecular formula is C21H30ClN. The van der Waals surface area contributed by atoms with Crippen LogP contribution in [0.1, 0.15) is 62.5 Å². The summed E-state index contributed by atoms with van der Waals surface area (Å²) >= 11 is 0. The molecule has 0 saturated heterocycles. The molecule has 0 saturated carbocycles. The minimum Gasteiger partial charge on any atom is -0.327 e. The number of benzene rings is 2. The molecule has 0 heterocycles. The Bertz CT molecular complexity index is 472. The van der Waals surface area contributed by atoms with Crippen LogP contribution in [0.5, 0.6) is 0 Å². The molecule has 2 aromatic rings. The van der Waals surface area contributed by atoms with E-state index in [4.69, 9.17) is 5.73 Å². The highest BCUT2D eigenvalue weighted by atomic mass is 35.5. The molecular weight excluding hydrogens is 302 g/mol. The number of nitrogens with two attached hydrogens (primary N) is 1. The largest absolute Gasteiger partial charge is 0.327 e. The van der Waals surface area contributed by atoms with E-state index < -0.39 is 0 Å². The molecule has 0 aliphatic heterocycles. The van der Waals surface area contributed by atoms with Crippen molar-refractivity contribution in [2.75, 3.05) is 0 Å². The summed E-state index contributed by atoms with van der Waals surface area (Å²) in [5, 5.41) is 0. The minimum absolute atomic E-state index is 0. The molecule has 2 N–H and O–H groups in total. The number of unbranched alkanes of at least 4 members (excludes halogenated alkanes) is 4. The quantitative estimate of drug-likeness (QED) is 0.566. The van der Waals surface area contributed by atoms with Gasteiger partial charge in [-0.2, -0.15) is 0 Å². The van der Waals surface area contributed by atoms with Gasteiger partial charge in [-0.15, -0.1) is 12.4 Å². The van der Waals surface area contributed by atoms with Crippen molar-refractivity contribution >= 4 is 12.4 Å². The lowest BCUT2D eigenvalue weighted by Crippen LogP contribution is -2.29. The molecule has 0 aromatic heterocycles. The highest BCUT2D eigenvalue weighted by Gasteiger charge is 2.21. The van der Waals surface area contributed by atoms with E-state index in [0.717, 1.165) is 6.42 Å². The van der Waals surface area contributed by atoms with Gasteiger partial charge in [0.15, 0.2) is 0 Å². The predicted octanol–water partition coefficient (Wildman–Crippen LogP) is 5.93. The summed E-state index contributed by atoms with van der Waals surface area (Å²) in [6.45, 7) is 2.26. The summed E-state index contributed by atoms with van der Waals surface area (Å²) in [6.07, 6.45) is 7.61. The van der Waals surface area contributed by atoms with E-state index in [9.17, 15) is 0 Å². The standard InChI is InChI=1S/C21H29N.ClH/c1-2-3-4-5-12-17-20(22)21(18-13-8-6-9-14-18)19-15-10-7-11-16-19;/h6-11,13-16,20-21H,2-5,12,17,22H2,1H3;1H. The first-order valence-corrected chi connectivity index (χ1v) is 8.68. The van der Waals surface area contributed by atoms with Crippen molar-refractivity contribution in [2.24, 2.45) is 5.73 Å². The number of hydrogen-bond acceptors (Lipinski definition) is 1. The second kappa shape index (κ2) is 11.3. The Hall–Kier alpha value is -1.31. The van der Waals surface area contributed by atoms with Crippen LogP contribution in [0.4, 0.5) is 0 Å². The second-order valence-electron chi connectivity index (χ2n) is 6.17. The first kappa shape index (κ1) is 19.7. The van der Waals surface area contributed by atoms with Crippen molar-refractivity contribution in [3.8, 4) is 0 Å². The smallest absolute Gasteiger partial charge is 0.0241 e. The zero-order valence-electron chi connectivity index (χ0n) is 14.2. The molecule has 23 heavy (non-hydrogen) atoms. The van der Waals surface area contributed by atoms with E-state index in [1.54, 1.807) is 0 Å². The van der Waals surface area contributed by atoms with Gasteiger partial charge in [0, 0.05) is 12.0 Å². The molecule has 0 spiro atoms. The molecule has 0 bridgehead atoms. The highest BCUT2D eigenvalue weighted by molar-refractivity contribution is 5.85. The number of rotatable bonds is 9. The van der Waals surface area contributed by atoms with Crippen molar-refractivity contribution in [3.05, 3.63) is 71.8 Å². The van der Waals surface area contributed by atoms with Crippen molar-refractivity contribution < 1.29 is 0 Å². The summed E-state index contributed by atoms with van der Waals surface area (Å²) in [6, 6.07) is 21.6. The van der Waals surface area contributed by atoms with Crippen LogP contribution in [0, 0.1) is 0 Å². The maximum Gasteiger partial charge on any atom is 0.0241 e. The second-order valence-corrected chi connectivity index (χ2v) is 6.17. The molecule has 0 radical (unpaired) electrons. The van der Waals surface area contributed by atoms with E-state index in [1.807, 2.05) is 0 Å². The van der Waals surface area contributed by atoms with Gasteiger partial charge in [-0.1, -0.05) is 99.7 Å². The van der Waals surface area contributed by atoms with E-state index in [0.29, 0.717) is 5.92 Å². The minimum atomic E-state index is 0. The lowest BCUT2D eigenvalue weighted by Gasteiger charge is -2.25. The van der Waals surface area contributed by atoms with Gasteiger partial charge < -0.3 is 5.73 Å². The fraction of sp³-hybridized carbons (Fsp3) is 0.429. The van der Waals surface area contributed by atoms with Crippen molar-refractivity contribution in [1.82, 2.24) is 0 Å². The molecule has 2 aromatic carbocycles. The molecule has 0 amide bonds. The van der Waals surface area contributed by atoms with Crippen molar-refractivity contribution in [1.29, 1.82) is 0 Å². The number of halogens is 1. The average molecular weight is 332 g/mol. The molecule has 2 heteroatoms. The maximum atomic E-state index is 6.60. The zero-order valence-corrected chi connectivity index (χ0v) is 15.0. The van der Waals surface area contributed by atoms with Crippen LogP contribution in [0.2, 0.25) is 0 Å². The van der Waals surface area contributed by atoms with Gasteiger partial charge in [-0.25, -0.2) is 0 Å². The summed E-state index contributed by atoms with van der Waals surface area (Å²) in [5.41, 5.74) is 9.25. The summed E-state index contributed by atoms with van der Waals surface area (Å²) in [5.74, 6) is 0.300. The van der Waals surface area contributed by atoms with Crippen LogP contribution in [-0.2, 0) is 0 Å². The van der Waals surface area contributed by atoms with Gasteiger partial charge in [-0.05, 0) is 17.5 Å². The molecule has 1 unspecified atom stereocenters. The third kappa shape index (κ3) is 6.37. The van der Waals surface area contributed by atoms with E-state index >= 15 is 0 Å². The molecule has 0 aliphatic carbocycles. The van der Waals surface area contributed by atoms with E-state index in [1.165, 1.54) is 43.2 Å². The maximum absolute atomic E-state index is 6.60. The number of hydrogen-bond donors (Lipinski definition) is 1. The SMILES string of the molecule is CCCCCCCC(N)C(c1ccccc1)c1ccccc1.Cl. The van der Waals surface area contributed by atoms with Gasteiger partial charge in [0.1, 0.15) is 0 Å². The Morgan fingerprint density at radius 1 is 0.739 bits per heavy atom. The summed E-state index contributed by atoms with van der Waals surface area (Å²) in [4.78, 5) is 0. The summed E-state index contributed by atoms with van der Waals surface area (Å²) < 4.78 is 0. The topological polar surface area (TPSA) is 26.0 Å². The zero-order chi connectivity index (χ0) is 15.6. The Balaban J connectivity index is 0.00000264. The fourth-order valence-corrected chi connectivity index (χ4v) is 3.16. The first-order chi connectivity index (χ1) is 10.8. The molecule has 1 atom stereocenters. The van der Waals surface area contributed by atoms with Crippen LogP contribution in [0.3, 0.4) is 0 Å². The fourth-order valence-electron chi connectivity index (χ4n) is 3.16. The van der Waals surface area contributed by atoms with Gasteiger partial charge in [-0.3, -0.25) is 0 Å². The highest BCUT2D eigenvalue weighted by Crippen LogP contribution is 2.29. The molecule has 1 nitrogen and oxygen atoms in total. The van der Waals surface area contributed by atoms with E-state index in [2.05, 4.69) is 67.6 Å². The van der Waals surface area contributed by atoms with E-state index in [-0.39, 0.29) is 18.4 Å². The molecule has 0 aliphatic rings. The van der Waals surface area contributed by atoms with Crippen LogP contribution in [-0.4, -0.2) is 6.04 Å². The third-order valence-corrected chi connectivity index (χ3v) is 4.39. The van der Waals surface area contributed by atoms with Crippen LogP contribution < -0.4 is 5.73 Å². The van der Waals surface area contributed by atoms with Crippen LogP contribution in [0.25, 0.3) is 0 Å². The Morgan fingerprint density at radius 2 is 1.22 bits per heavy atom. The molecule has 2 rings (SSSR count). The van der Waals surface area contributed by atoms with Crippen LogP contribution in [0.15, 0.2) is 60.7 Å². The Kier molecular flexibility index (Phi) is 9.66. The monoisotopic (exact) mass is 331 g/mol. The predicted molar refractivity (Wildman–Crippen MR) is 103 cm³/mol. The Labute approximate surface area is 147 Å². The van der Waals surface area contributed by atoms with Gasteiger partial charge in [0.05, 0.1) is 0 Å². The van der Waals surface area contributed by atoms with Crippen LogP contribution >= 0.6 is 12.4 Å². The lowest BCUT2D eigenvalue weighted by atomic mass is 9.83. The van der Waals surface area contributed by atoms with Gasteiger partial charge in [0.25, 0.3) is 0 Å². The molecule has 126 valence electrons. The Morgan fingerprint density at radius 3 is 1.70 bits per heavy atom. The summed E-state index contributed by atoms with van der Waals surface area (Å²) in [7, 11) is 0.